The second-order valence-corrected chi connectivity index (χ2v) is 16.7. The number of anilines is 3. The monoisotopic (exact) mass is 759 g/mol. The van der Waals surface area contributed by atoms with Crippen LogP contribution in [-0.2, 0) is 0 Å². The van der Waals surface area contributed by atoms with E-state index in [0.29, 0.717) is 0 Å². The van der Waals surface area contributed by atoms with E-state index in [1.54, 1.807) is 0 Å². The third kappa shape index (κ3) is 5.91. The van der Waals surface area contributed by atoms with E-state index in [2.05, 4.69) is 213 Å². The number of hydrogen-bond acceptors (Lipinski definition) is 2. The zero-order valence-corrected chi connectivity index (χ0v) is 35.8. The second-order valence-electron chi connectivity index (χ2n) is 16.7. The summed E-state index contributed by atoms with van der Waals surface area (Å²) in [5, 5.41) is 7.27. The van der Waals surface area contributed by atoms with Crippen molar-refractivity contribution >= 4 is 167 Å². The maximum Gasteiger partial charge on any atom is 0.143 e. The van der Waals surface area contributed by atoms with Crippen molar-refractivity contribution in [3.05, 3.63) is 152 Å². The van der Waals surface area contributed by atoms with Crippen LogP contribution in [0, 0.1) is 0 Å². The molecule has 0 radical (unpaired) electrons. The highest BCUT2D eigenvalue weighted by molar-refractivity contribution is 6.67. The van der Waals surface area contributed by atoms with Crippen LogP contribution in [0.25, 0.3) is 76.9 Å². The Kier molecular flexibility index (Phi) is 9.28. The lowest BCUT2D eigenvalue weighted by Gasteiger charge is -2.34. The normalized spacial score (nSPS) is 11.5. The van der Waals surface area contributed by atoms with Crippen LogP contribution in [0.4, 0.5) is 17.1 Å². The SMILES string of the molecule is Bc1c(B)c(-c2c(B)c(B)c(N(c3ccc(-c4cccc5c4oc4ccccc45)cc3)c3cccc4ccccc34)c(B)c2B)c(B)c(B)c1-c1ccc2ccccc2c1. The van der Waals surface area contributed by atoms with Gasteiger partial charge in [0.1, 0.15) is 73.9 Å². The fraction of sp³-hybridized carbons (Fsp3) is 0. The van der Waals surface area contributed by atoms with Crippen LogP contribution in [0.5, 0.6) is 0 Å². The molecule has 0 N–H and O–H groups in total. The third-order valence-electron chi connectivity index (χ3n) is 13.6. The molecule has 0 saturated heterocycles. The Morgan fingerprint density at radius 2 is 0.883 bits per heavy atom. The zero-order valence-electron chi connectivity index (χ0n) is 35.8. The van der Waals surface area contributed by atoms with Crippen LogP contribution in [-0.4, -0.2) is 62.8 Å². The van der Waals surface area contributed by atoms with Gasteiger partial charge in [-0.3, -0.25) is 0 Å². The number of para-hydroxylation sites is 2. The molecule has 60 heavy (non-hydrogen) atoms. The van der Waals surface area contributed by atoms with Crippen molar-refractivity contribution in [2.24, 2.45) is 0 Å². The van der Waals surface area contributed by atoms with Gasteiger partial charge in [0.05, 0.1) is 5.69 Å². The molecule has 0 aliphatic heterocycles. The van der Waals surface area contributed by atoms with Crippen molar-refractivity contribution in [1.29, 1.82) is 0 Å². The maximum atomic E-state index is 6.47. The summed E-state index contributed by atoms with van der Waals surface area (Å²) in [5.74, 6) is 0. The quantitative estimate of drug-likeness (QED) is 0.229. The highest BCUT2D eigenvalue weighted by Gasteiger charge is 2.26. The Hall–Kier alpha value is -6.38. The second kappa shape index (κ2) is 14.7. The average Bonchev–Trinajstić information content (AvgIpc) is 3.67. The molecule has 1 heterocycles. The van der Waals surface area contributed by atoms with E-state index < -0.39 is 0 Å². The lowest BCUT2D eigenvalue weighted by molar-refractivity contribution is 0.670. The summed E-state index contributed by atoms with van der Waals surface area (Å²) >= 11 is 0. The number of rotatable bonds is 6. The molecule has 2 nitrogen and oxygen atoms in total. The third-order valence-corrected chi connectivity index (χ3v) is 13.6. The molecule has 0 unspecified atom stereocenters. The largest absolute Gasteiger partial charge is 0.455 e. The minimum atomic E-state index is 0.912. The standard InChI is InChI=1S/C50H41B8NO/c51-41-38(30-20-19-26-9-1-2-11-29(26)25-30)42(52)44(54)39(43(41)53)40-45(55)47(57)49(48(58)46(40)56)59(36-17-7-12-27-10-3-4-13-32(27)36)31-23-21-28(22-24-31)33-15-8-16-35-34-14-5-6-18-37(34)60-50(33)35/h1-25H,51-58H2. The smallest absolute Gasteiger partial charge is 0.143 e. The van der Waals surface area contributed by atoms with Gasteiger partial charge in [0, 0.05) is 33.1 Å². The zero-order chi connectivity index (χ0) is 41.4. The number of furan rings is 1. The van der Waals surface area contributed by atoms with Crippen LogP contribution in [0.3, 0.4) is 0 Å². The summed E-state index contributed by atoms with van der Waals surface area (Å²) in [5.41, 5.74) is 23.5. The Morgan fingerprint density at radius 1 is 0.367 bits per heavy atom. The Labute approximate surface area is 359 Å². The van der Waals surface area contributed by atoms with Gasteiger partial charge in [-0.25, -0.2) is 0 Å². The van der Waals surface area contributed by atoms with E-state index in [9.17, 15) is 0 Å². The summed E-state index contributed by atoms with van der Waals surface area (Å²) in [7, 11) is 18.6. The molecule has 10 aromatic rings. The molecule has 9 aromatic carbocycles. The Bertz CT molecular complexity index is 3310. The van der Waals surface area contributed by atoms with Crippen LogP contribution in [0.2, 0.25) is 0 Å². The first-order valence-corrected chi connectivity index (χ1v) is 21.1. The van der Waals surface area contributed by atoms with Crippen molar-refractivity contribution in [2.75, 3.05) is 4.90 Å². The van der Waals surface area contributed by atoms with Gasteiger partial charge in [0.15, 0.2) is 0 Å². The molecule has 0 amide bonds. The van der Waals surface area contributed by atoms with Gasteiger partial charge in [0.2, 0.25) is 0 Å². The molecule has 276 valence electrons. The van der Waals surface area contributed by atoms with E-state index in [1.165, 1.54) is 93.2 Å². The highest BCUT2D eigenvalue weighted by atomic mass is 16.3. The van der Waals surface area contributed by atoms with Crippen molar-refractivity contribution in [1.82, 2.24) is 0 Å². The van der Waals surface area contributed by atoms with E-state index in [-0.39, 0.29) is 0 Å². The van der Waals surface area contributed by atoms with Gasteiger partial charge in [-0.2, -0.15) is 0 Å². The van der Waals surface area contributed by atoms with E-state index in [1.807, 2.05) is 6.07 Å². The Morgan fingerprint density at radius 3 is 1.58 bits per heavy atom. The maximum absolute atomic E-state index is 6.47. The predicted molar refractivity (Wildman–Crippen MR) is 285 cm³/mol. The first-order chi connectivity index (χ1) is 29.1. The number of benzene rings is 9. The molecular weight excluding hydrogens is 717 g/mol. The topological polar surface area (TPSA) is 16.4 Å². The molecule has 0 fully saturated rings. The van der Waals surface area contributed by atoms with E-state index in [4.69, 9.17) is 4.42 Å². The molecule has 1 aromatic heterocycles. The molecule has 0 saturated carbocycles. The number of fused-ring (bicyclic) bond motifs is 5. The average molecular weight is 758 g/mol. The van der Waals surface area contributed by atoms with Gasteiger partial charge < -0.3 is 9.32 Å². The van der Waals surface area contributed by atoms with E-state index in [0.717, 1.165) is 44.4 Å². The molecule has 0 aliphatic carbocycles. The molecule has 0 atom stereocenters. The molecular formula is C50H41B8NO. The molecule has 10 rings (SSSR count). The minimum Gasteiger partial charge on any atom is -0.455 e. The molecule has 0 spiro atoms. The van der Waals surface area contributed by atoms with Crippen molar-refractivity contribution in [3.63, 3.8) is 0 Å². The fourth-order valence-corrected chi connectivity index (χ4v) is 10.0. The van der Waals surface area contributed by atoms with Crippen molar-refractivity contribution in [3.8, 4) is 33.4 Å². The first kappa shape index (κ1) is 37.9. The number of nitrogens with zero attached hydrogens (tertiary/aromatic N) is 1. The van der Waals surface area contributed by atoms with E-state index >= 15 is 0 Å². The summed E-state index contributed by atoms with van der Waals surface area (Å²) in [4.78, 5) is 2.50. The van der Waals surface area contributed by atoms with Gasteiger partial charge in [-0.05, 0) is 74.3 Å². The van der Waals surface area contributed by atoms with Gasteiger partial charge in [0.25, 0.3) is 0 Å². The van der Waals surface area contributed by atoms with Crippen LogP contribution in [0.1, 0.15) is 0 Å². The van der Waals surface area contributed by atoms with Crippen LogP contribution in [0.15, 0.2) is 156 Å². The molecule has 0 aliphatic rings. The first-order valence-electron chi connectivity index (χ1n) is 21.1. The fourth-order valence-electron chi connectivity index (χ4n) is 10.0. The lowest BCUT2D eigenvalue weighted by Crippen LogP contribution is -2.51. The van der Waals surface area contributed by atoms with Crippen LogP contribution < -0.4 is 48.6 Å². The predicted octanol–water partition coefficient (Wildman–Crippen LogP) is 0.430. The van der Waals surface area contributed by atoms with Gasteiger partial charge in [-0.15, -0.1) is 0 Å². The summed E-state index contributed by atoms with van der Waals surface area (Å²) < 4.78 is 6.47. The highest BCUT2D eigenvalue weighted by Crippen LogP contribution is 2.40. The molecule has 0 bridgehead atoms. The Balaban J connectivity index is 1.15. The van der Waals surface area contributed by atoms with Gasteiger partial charge in [-0.1, -0.05) is 165 Å². The lowest BCUT2D eigenvalue weighted by atomic mass is 9.58. The summed E-state index contributed by atoms with van der Waals surface area (Å²) in [6, 6.07) is 54.8. The minimum absolute atomic E-state index is 0.912. The van der Waals surface area contributed by atoms with Gasteiger partial charge >= 0.3 is 0 Å². The summed E-state index contributed by atoms with van der Waals surface area (Å²) in [6.07, 6.45) is 0. The summed E-state index contributed by atoms with van der Waals surface area (Å²) in [6.45, 7) is 0. The van der Waals surface area contributed by atoms with Crippen molar-refractivity contribution < 1.29 is 4.42 Å². The van der Waals surface area contributed by atoms with Crippen LogP contribution >= 0.6 is 0 Å². The number of hydrogen-bond donors (Lipinski definition) is 0. The van der Waals surface area contributed by atoms with Crippen molar-refractivity contribution in [2.45, 2.75) is 0 Å². The molecule has 10 heteroatoms.